The highest BCUT2D eigenvalue weighted by Crippen LogP contribution is 2.26. The van der Waals surface area contributed by atoms with E-state index in [9.17, 15) is 14.4 Å². The molecule has 0 bridgehead atoms. The number of hydrogen-bond donors (Lipinski definition) is 5. The normalized spacial score (nSPS) is 19.1. The van der Waals surface area contributed by atoms with Crippen LogP contribution in [0.3, 0.4) is 0 Å². The van der Waals surface area contributed by atoms with E-state index < -0.39 is 11.5 Å². The van der Waals surface area contributed by atoms with Gasteiger partial charge in [0.1, 0.15) is 5.69 Å². The maximum Gasteiger partial charge on any atom is 0.291 e. The van der Waals surface area contributed by atoms with Crippen LogP contribution in [0.2, 0.25) is 0 Å². The van der Waals surface area contributed by atoms with Crippen molar-refractivity contribution >= 4 is 29.3 Å². The third-order valence-corrected chi connectivity index (χ3v) is 7.00. The minimum atomic E-state index is -0.592. The van der Waals surface area contributed by atoms with E-state index in [2.05, 4.69) is 37.1 Å². The lowest BCUT2D eigenvalue weighted by atomic mass is 9.98. The van der Waals surface area contributed by atoms with E-state index in [4.69, 9.17) is 16.6 Å². The predicted octanol–water partition coefficient (Wildman–Crippen LogP) is -1.35. The number of piperidine rings is 1. The zero-order valence-electron chi connectivity index (χ0n) is 20.9. The van der Waals surface area contributed by atoms with E-state index >= 15 is 0 Å². The van der Waals surface area contributed by atoms with Gasteiger partial charge in [0.25, 0.3) is 17.4 Å². The molecule has 0 spiro atoms. The van der Waals surface area contributed by atoms with Crippen LogP contribution in [0.1, 0.15) is 47.2 Å². The number of hydrogen-bond acceptors (Lipinski definition) is 11. The molecule has 2 fully saturated rings. The third kappa shape index (κ3) is 5.64. The van der Waals surface area contributed by atoms with Crippen LogP contribution in [0.5, 0.6) is 0 Å². The van der Waals surface area contributed by atoms with Crippen molar-refractivity contribution in [1.29, 1.82) is 0 Å². The SMILES string of the molecule is CCC1CN(c2nc(N)c(C(=O)NCCO)[nH]c2=O)CCN1C1CCN(C(=O)c2nccnc2N)CC1. The Balaban J connectivity index is 1.39. The number of anilines is 3. The summed E-state index contributed by atoms with van der Waals surface area (Å²) in [6.07, 6.45) is 5.46. The number of carbonyl (C=O) groups excluding carboxylic acids is 2. The van der Waals surface area contributed by atoms with Gasteiger partial charge in [-0.1, -0.05) is 6.92 Å². The smallest absolute Gasteiger partial charge is 0.291 e. The van der Waals surface area contributed by atoms with Gasteiger partial charge in [-0.15, -0.1) is 0 Å². The Labute approximate surface area is 214 Å². The minimum Gasteiger partial charge on any atom is -0.395 e. The van der Waals surface area contributed by atoms with Crippen LogP contribution in [-0.4, -0.2) is 105 Å². The molecule has 4 rings (SSSR count). The van der Waals surface area contributed by atoms with Crippen LogP contribution < -0.4 is 27.2 Å². The lowest BCUT2D eigenvalue weighted by Crippen LogP contribution is -2.59. The monoisotopic (exact) mass is 514 g/mol. The molecule has 1 atom stereocenters. The van der Waals surface area contributed by atoms with Crippen molar-refractivity contribution < 1.29 is 14.7 Å². The molecule has 7 N–H and O–H groups in total. The van der Waals surface area contributed by atoms with E-state index in [1.165, 1.54) is 12.4 Å². The number of carbonyl (C=O) groups is 2. The highest BCUT2D eigenvalue weighted by Gasteiger charge is 2.35. The fraction of sp³-hybridized carbons (Fsp3) is 0.565. The average Bonchev–Trinajstić information content (AvgIpc) is 2.92. The van der Waals surface area contributed by atoms with Gasteiger partial charge in [-0.25, -0.2) is 15.0 Å². The molecule has 2 amide bonds. The summed E-state index contributed by atoms with van der Waals surface area (Å²) in [6, 6.07) is 0.496. The Hall–Kier alpha value is -3.78. The maximum absolute atomic E-state index is 12.8. The molecule has 2 aliphatic rings. The summed E-state index contributed by atoms with van der Waals surface area (Å²) >= 11 is 0. The molecule has 0 aromatic carbocycles. The Morgan fingerprint density at radius 1 is 1.14 bits per heavy atom. The summed E-state index contributed by atoms with van der Waals surface area (Å²) < 4.78 is 0. The number of aromatic amines is 1. The molecule has 37 heavy (non-hydrogen) atoms. The van der Waals surface area contributed by atoms with Gasteiger partial charge in [0.15, 0.2) is 23.1 Å². The first-order valence-corrected chi connectivity index (χ1v) is 12.5. The van der Waals surface area contributed by atoms with E-state index in [-0.39, 0.29) is 53.9 Å². The van der Waals surface area contributed by atoms with Crippen molar-refractivity contribution in [1.82, 2.24) is 35.1 Å². The van der Waals surface area contributed by atoms with Crippen molar-refractivity contribution in [2.75, 3.05) is 62.2 Å². The summed E-state index contributed by atoms with van der Waals surface area (Å²) in [7, 11) is 0. The second-order valence-corrected chi connectivity index (χ2v) is 9.19. The van der Waals surface area contributed by atoms with Crippen molar-refractivity contribution in [3.8, 4) is 0 Å². The van der Waals surface area contributed by atoms with Crippen LogP contribution in [0, 0.1) is 0 Å². The van der Waals surface area contributed by atoms with Crippen molar-refractivity contribution in [2.24, 2.45) is 0 Å². The van der Waals surface area contributed by atoms with Crippen LogP contribution in [-0.2, 0) is 0 Å². The van der Waals surface area contributed by atoms with Crippen molar-refractivity contribution in [3.63, 3.8) is 0 Å². The number of piperazine rings is 1. The number of aliphatic hydroxyl groups is 1. The summed E-state index contributed by atoms with van der Waals surface area (Å²) in [5.41, 5.74) is 11.4. The first-order chi connectivity index (χ1) is 17.8. The molecule has 0 radical (unpaired) electrons. The number of amides is 2. The van der Waals surface area contributed by atoms with Crippen LogP contribution >= 0.6 is 0 Å². The third-order valence-electron chi connectivity index (χ3n) is 7.00. The van der Waals surface area contributed by atoms with Crippen LogP contribution in [0.25, 0.3) is 0 Å². The molecule has 14 heteroatoms. The quantitative estimate of drug-likeness (QED) is 0.293. The highest BCUT2D eigenvalue weighted by atomic mass is 16.3. The Morgan fingerprint density at radius 2 is 1.86 bits per heavy atom. The molecule has 2 aliphatic heterocycles. The summed E-state index contributed by atoms with van der Waals surface area (Å²) in [4.78, 5) is 58.8. The molecule has 0 aliphatic carbocycles. The number of likely N-dealkylation sites (tertiary alicyclic amines) is 1. The van der Waals surface area contributed by atoms with Gasteiger partial charge < -0.3 is 36.7 Å². The molecule has 4 heterocycles. The zero-order valence-corrected chi connectivity index (χ0v) is 20.9. The highest BCUT2D eigenvalue weighted by molar-refractivity contribution is 5.96. The van der Waals surface area contributed by atoms with Gasteiger partial charge in [-0.3, -0.25) is 19.3 Å². The number of H-pyrrole nitrogens is 1. The van der Waals surface area contributed by atoms with E-state index in [1.807, 2.05) is 4.90 Å². The predicted molar refractivity (Wildman–Crippen MR) is 137 cm³/mol. The molecule has 200 valence electrons. The second kappa shape index (κ2) is 11.5. The molecular formula is C23H34N10O4. The van der Waals surface area contributed by atoms with Gasteiger partial charge in [0, 0.05) is 63.7 Å². The largest absolute Gasteiger partial charge is 0.395 e. The number of nitrogen functional groups attached to an aromatic ring is 2. The first-order valence-electron chi connectivity index (χ1n) is 12.5. The van der Waals surface area contributed by atoms with E-state index in [1.54, 1.807) is 4.90 Å². The maximum atomic E-state index is 12.8. The number of nitrogens with zero attached hydrogens (tertiary/aromatic N) is 6. The fourth-order valence-corrected chi connectivity index (χ4v) is 5.07. The number of aliphatic hydroxyl groups excluding tert-OH is 1. The molecular weight excluding hydrogens is 480 g/mol. The van der Waals surface area contributed by atoms with Crippen LogP contribution in [0.4, 0.5) is 17.5 Å². The zero-order chi connectivity index (χ0) is 26.5. The summed E-state index contributed by atoms with van der Waals surface area (Å²) in [5.74, 6) is -0.527. The Morgan fingerprint density at radius 3 is 2.54 bits per heavy atom. The molecule has 2 saturated heterocycles. The Bertz CT molecular complexity index is 1180. The first kappa shape index (κ1) is 26.3. The fourth-order valence-electron chi connectivity index (χ4n) is 5.07. The van der Waals surface area contributed by atoms with Gasteiger partial charge in [-0.05, 0) is 19.3 Å². The van der Waals surface area contributed by atoms with Gasteiger partial charge in [0.05, 0.1) is 6.61 Å². The van der Waals surface area contributed by atoms with Crippen molar-refractivity contribution in [2.45, 2.75) is 38.3 Å². The molecule has 1 unspecified atom stereocenters. The van der Waals surface area contributed by atoms with Crippen LogP contribution in [0.15, 0.2) is 17.2 Å². The lowest BCUT2D eigenvalue weighted by molar-refractivity contribution is 0.0487. The van der Waals surface area contributed by atoms with Crippen molar-refractivity contribution in [3.05, 3.63) is 34.1 Å². The Kier molecular flexibility index (Phi) is 8.18. The summed E-state index contributed by atoms with van der Waals surface area (Å²) in [6.45, 7) is 5.04. The number of nitrogens with one attached hydrogen (secondary N) is 2. The topological polar surface area (TPSA) is 200 Å². The molecule has 0 saturated carbocycles. The van der Waals surface area contributed by atoms with Gasteiger partial charge >= 0.3 is 0 Å². The van der Waals surface area contributed by atoms with Gasteiger partial charge in [-0.2, -0.15) is 0 Å². The lowest BCUT2D eigenvalue weighted by Gasteiger charge is -2.47. The molecule has 2 aromatic rings. The number of rotatable bonds is 7. The molecule has 14 nitrogen and oxygen atoms in total. The number of aromatic nitrogens is 4. The van der Waals surface area contributed by atoms with E-state index in [0.717, 1.165) is 25.8 Å². The number of nitrogens with two attached hydrogens (primary N) is 2. The summed E-state index contributed by atoms with van der Waals surface area (Å²) in [5, 5.41) is 11.3. The molecule has 2 aromatic heterocycles. The van der Waals surface area contributed by atoms with E-state index in [0.29, 0.717) is 32.2 Å². The average molecular weight is 515 g/mol. The minimum absolute atomic E-state index is 0.0453. The standard InChI is InChI=1S/C23H34N10O4/c1-2-14-13-32(20-22(36)29-16(19(25)30-20)21(35)28-7-12-34)10-11-33(14)15-3-8-31(9-4-15)23(37)17-18(24)27-6-5-26-17/h5-6,14-15,34H,2-4,7-13H2,1H3,(H2,24,27)(H2,25,30)(H,28,35)(H,29,36). The van der Waals surface area contributed by atoms with Gasteiger partial charge in [0.2, 0.25) is 0 Å². The second-order valence-electron chi connectivity index (χ2n) is 9.19.